The Morgan fingerprint density at radius 2 is 2.00 bits per heavy atom. The van der Waals surface area contributed by atoms with Crippen LogP contribution < -0.4 is 4.74 Å². The molecule has 1 rings (SSSR count). The third kappa shape index (κ3) is 6.06. The number of aromatic carboxylic acids is 1. The predicted molar refractivity (Wildman–Crippen MR) is 73.8 cm³/mol. The van der Waals surface area contributed by atoms with Crippen LogP contribution in [-0.2, 0) is 4.74 Å². The molecule has 1 N–H and O–H groups in total. The van der Waals surface area contributed by atoms with Crippen LogP contribution in [0.25, 0.3) is 0 Å². The van der Waals surface area contributed by atoms with Gasteiger partial charge in [0.15, 0.2) is 0 Å². The molecule has 1 aromatic carbocycles. The first kappa shape index (κ1) is 15.2. The van der Waals surface area contributed by atoms with E-state index in [0.29, 0.717) is 25.6 Å². The Morgan fingerprint density at radius 3 is 2.68 bits per heavy atom. The maximum Gasteiger partial charge on any atom is 0.339 e. The number of benzene rings is 1. The van der Waals surface area contributed by atoms with Gasteiger partial charge in [-0.3, -0.25) is 0 Å². The minimum Gasteiger partial charge on any atom is -0.493 e. The van der Waals surface area contributed by atoms with Crippen molar-refractivity contribution in [3.8, 4) is 5.75 Å². The first-order chi connectivity index (χ1) is 9.11. The van der Waals surface area contributed by atoms with Gasteiger partial charge in [-0.1, -0.05) is 17.7 Å². The van der Waals surface area contributed by atoms with Crippen LogP contribution in [0.15, 0.2) is 36.4 Å². The summed E-state index contributed by atoms with van der Waals surface area (Å²) in [5.41, 5.74) is 1.29. The molecule has 104 valence electrons. The lowest BCUT2D eigenvalue weighted by atomic mass is 10.2. The second kappa shape index (κ2) is 8.32. The van der Waals surface area contributed by atoms with Crippen LogP contribution in [0, 0.1) is 0 Å². The zero-order valence-corrected chi connectivity index (χ0v) is 11.2. The van der Waals surface area contributed by atoms with Gasteiger partial charge in [-0.15, -0.1) is 6.58 Å². The van der Waals surface area contributed by atoms with Crippen LogP contribution in [0.1, 0.15) is 30.1 Å². The first-order valence-corrected chi connectivity index (χ1v) is 6.28. The van der Waals surface area contributed by atoms with E-state index in [1.165, 1.54) is 6.07 Å². The lowest BCUT2D eigenvalue weighted by molar-refractivity contribution is 0.0691. The van der Waals surface area contributed by atoms with Crippen molar-refractivity contribution in [2.45, 2.75) is 19.8 Å². The van der Waals surface area contributed by atoms with E-state index in [1.807, 2.05) is 6.92 Å². The van der Waals surface area contributed by atoms with Crippen molar-refractivity contribution in [1.82, 2.24) is 0 Å². The monoisotopic (exact) mass is 264 g/mol. The number of carbonyl (C=O) groups is 1. The van der Waals surface area contributed by atoms with Gasteiger partial charge in [0.2, 0.25) is 0 Å². The Hall–Kier alpha value is -1.81. The Labute approximate surface area is 113 Å². The van der Waals surface area contributed by atoms with Crippen LogP contribution in [0.5, 0.6) is 5.75 Å². The van der Waals surface area contributed by atoms with E-state index in [1.54, 1.807) is 18.2 Å². The smallest absolute Gasteiger partial charge is 0.339 e. The maximum absolute atomic E-state index is 10.9. The van der Waals surface area contributed by atoms with Gasteiger partial charge in [-0.2, -0.15) is 0 Å². The Balaban J connectivity index is 2.23. The molecule has 0 aromatic heterocycles. The van der Waals surface area contributed by atoms with Gasteiger partial charge in [-0.05, 0) is 25.5 Å². The number of hydrogen-bond donors (Lipinski definition) is 1. The number of carboxylic acid groups (broad SMARTS) is 1. The SMILES string of the molecule is C=C(C)CCOCCCOc1ccccc1C(=O)O. The second-order valence-corrected chi connectivity index (χ2v) is 4.32. The van der Waals surface area contributed by atoms with Crippen LogP contribution in [-0.4, -0.2) is 30.9 Å². The van der Waals surface area contributed by atoms with E-state index in [0.717, 1.165) is 18.4 Å². The Kier molecular flexibility index (Phi) is 6.68. The van der Waals surface area contributed by atoms with Gasteiger partial charge in [0, 0.05) is 13.0 Å². The molecule has 0 saturated heterocycles. The quantitative estimate of drug-likeness (QED) is 0.550. The second-order valence-electron chi connectivity index (χ2n) is 4.32. The van der Waals surface area contributed by atoms with Crippen molar-refractivity contribution in [2.75, 3.05) is 19.8 Å². The lowest BCUT2D eigenvalue weighted by Gasteiger charge is -2.09. The van der Waals surface area contributed by atoms with E-state index >= 15 is 0 Å². The highest BCUT2D eigenvalue weighted by atomic mass is 16.5. The predicted octanol–water partition coefficient (Wildman–Crippen LogP) is 3.14. The maximum atomic E-state index is 10.9. The molecular formula is C15H20O4. The summed E-state index contributed by atoms with van der Waals surface area (Å²) in [6.07, 6.45) is 1.59. The summed E-state index contributed by atoms with van der Waals surface area (Å²) in [5.74, 6) is -0.578. The molecule has 1 aromatic rings. The van der Waals surface area contributed by atoms with Gasteiger partial charge < -0.3 is 14.6 Å². The summed E-state index contributed by atoms with van der Waals surface area (Å²) in [4.78, 5) is 10.9. The summed E-state index contributed by atoms with van der Waals surface area (Å²) >= 11 is 0. The molecule has 0 saturated carbocycles. The molecule has 0 amide bonds. The first-order valence-electron chi connectivity index (χ1n) is 6.28. The van der Waals surface area contributed by atoms with Gasteiger partial charge in [0.05, 0.1) is 13.2 Å². The normalized spacial score (nSPS) is 10.2. The van der Waals surface area contributed by atoms with Crippen molar-refractivity contribution < 1.29 is 19.4 Å². The number of para-hydroxylation sites is 1. The molecule has 19 heavy (non-hydrogen) atoms. The number of ether oxygens (including phenoxy) is 2. The fourth-order valence-corrected chi connectivity index (χ4v) is 1.46. The van der Waals surface area contributed by atoms with Crippen LogP contribution in [0.4, 0.5) is 0 Å². The summed E-state index contributed by atoms with van der Waals surface area (Å²) in [5, 5.41) is 8.98. The van der Waals surface area contributed by atoms with E-state index < -0.39 is 5.97 Å². The molecule has 0 fully saturated rings. The number of carboxylic acids is 1. The van der Waals surface area contributed by atoms with Crippen molar-refractivity contribution in [2.24, 2.45) is 0 Å². The summed E-state index contributed by atoms with van der Waals surface area (Å²) in [7, 11) is 0. The van der Waals surface area contributed by atoms with Crippen molar-refractivity contribution in [3.05, 3.63) is 42.0 Å². The van der Waals surface area contributed by atoms with Gasteiger partial charge in [-0.25, -0.2) is 4.79 Å². The lowest BCUT2D eigenvalue weighted by Crippen LogP contribution is -2.07. The summed E-state index contributed by atoms with van der Waals surface area (Å²) in [6, 6.07) is 6.62. The highest BCUT2D eigenvalue weighted by molar-refractivity contribution is 5.90. The van der Waals surface area contributed by atoms with Crippen LogP contribution >= 0.6 is 0 Å². The van der Waals surface area contributed by atoms with E-state index in [9.17, 15) is 4.79 Å². The van der Waals surface area contributed by atoms with Crippen molar-refractivity contribution >= 4 is 5.97 Å². The molecule has 0 heterocycles. The third-order valence-corrected chi connectivity index (χ3v) is 2.48. The molecule has 0 aliphatic rings. The largest absolute Gasteiger partial charge is 0.493 e. The molecule has 4 nitrogen and oxygen atoms in total. The van der Waals surface area contributed by atoms with E-state index in [4.69, 9.17) is 14.6 Å². The third-order valence-electron chi connectivity index (χ3n) is 2.48. The molecule has 0 radical (unpaired) electrons. The average Bonchev–Trinajstić information content (AvgIpc) is 2.37. The molecule has 0 unspecified atom stereocenters. The van der Waals surface area contributed by atoms with Gasteiger partial charge >= 0.3 is 5.97 Å². The van der Waals surface area contributed by atoms with Crippen molar-refractivity contribution in [1.29, 1.82) is 0 Å². The highest BCUT2D eigenvalue weighted by Gasteiger charge is 2.09. The Morgan fingerprint density at radius 1 is 1.26 bits per heavy atom. The topological polar surface area (TPSA) is 55.8 Å². The molecule has 0 aliphatic carbocycles. The molecule has 0 bridgehead atoms. The molecular weight excluding hydrogens is 244 g/mol. The van der Waals surface area contributed by atoms with Crippen LogP contribution in [0.2, 0.25) is 0 Å². The Bertz CT molecular complexity index is 426. The van der Waals surface area contributed by atoms with Gasteiger partial charge in [0.25, 0.3) is 0 Å². The molecule has 4 heteroatoms. The van der Waals surface area contributed by atoms with E-state index in [2.05, 4.69) is 6.58 Å². The molecule has 0 spiro atoms. The van der Waals surface area contributed by atoms with Crippen LogP contribution in [0.3, 0.4) is 0 Å². The average molecular weight is 264 g/mol. The highest BCUT2D eigenvalue weighted by Crippen LogP contribution is 2.17. The van der Waals surface area contributed by atoms with E-state index in [-0.39, 0.29) is 5.56 Å². The molecule has 0 atom stereocenters. The summed E-state index contributed by atoms with van der Waals surface area (Å²) < 4.78 is 10.9. The number of hydrogen-bond acceptors (Lipinski definition) is 3. The standard InChI is InChI=1S/C15H20O4/c1-12(2)8-11-18-9-5-10-19-14-7-4-3-6-13(14)15(16)17/h3-4,6-7H,1,5,8-11H2,2H3,(H,16,17). The van der Waals surface area contributed by atoms with Gasteiger partial charge in [0.1, 0.15) is 11.3 Å². The number of rotatable bonds is 9. The molecule has 0 aliphatic heterocycles. The zero-order chi connectivity index (χ0) is 14.1. The zero-order valence-electron chi connectivity index (χ0n) is 11.2. The minimum absolute atomic E-state index is 0.186. The fourth-order valence-electron chi connectivity index (χ4n) is 1.46. The fraction of sp³-hybridized carbons (Fsp3) is 0.400. The van der Waals surface area contributed by atoms with Crippen molar-refractivity contribution in [3.63, 3.8) is 0 Å². The summed E-state index contributed by atoms with van der Waals surface area (Å²) in [6.45, 7) is 7.47. The minimum atomic E-state index is -0.978.